The highest BCUT2D eigenvalue weighted by Gasteiger charge is 2.22. The lowest BCUT2D eigenvalue weighted by Gasteiger charge is -2.35. The minimum absolute atomic E-state index is 0.274. The van der Waals surface area contributed by atoms with Crippen molar-refractivity contribution < 1.29 is 9.26 Å². The number of aryl methyl sites for hydroxylation is 1. The fourth-order valence-electron chi connectivity index (χ4n) is 3.50. The lowest BCUT2D eigenvalue weighted by molar-refractivity contribution is 0.164. The fourth-order valence-corrected chi connectivity index (χ4v) is 3.50. The summed E-state index contributed by atoms with van der Waals surface area (Å²) in [6, 6.07) is 8.62. The van der Waals surface area contributed by atoms with E-state index in [1.165, 1.54) is 24.8 Å². The van der Waals surface area contributed by atoms with Crippen LogP contribution < -0.4 is 15.4 Å². The van der Waals surface area contributed by atoms with Crippen LogP contribution in [0.25, 0.3) is 0 Å². The third-order valence-corrected chi connectivity index (χ3v) is 5.00. The summed E-state index contributed by atoms with van der Waals surface area (Å²) in [5.74, 6) is 2.76. The number of benzene rings is 1. The van der Waals surface area contributed by atoms with Crippen LogP contribution in [0.2, 0.25) is 0 Å². The molecule has 0 aliphatic carbocycles. The van der Waals surface area contributed by atoms with Crippen LogP contribution in [-0.2, 0) is 6.54 Å². The topological polar surface area (TPSA) is 87.8 Å². The number of aromatic nitrogens is 2. The lowest BCUT2D eigenvalue weighted by atomic mass is 10.0. The zero-order valence-electron chi connectivity index (χ0n) is 16.9. The predicted molar refractivity (Wildman–Crippen MR) is 108 cm³/mol. The average Bonchev–Trinajstić information content (AvgIpc) is 3.16. The summed E-state index contributed by atoms with van der Waals surface area (Å²) in [5.41, 5.74) is 1.28. The Morgan fingerprint density at radius 1 is 1.21 bits per heavy atom. The number of likely N-dealkylation sites (tertiary alicyclic amines) is 1. The summed E-state index contributed by atoms with van der Waals surface area (Å²) < 4.78 is 10.5. The molecule has 2 N–H and O–H groups in total. The number of hydrogen-bond acceptors (Lipinski definition) is 6. The van der Waals surface area contributed by atoms with E-state index >= 15 is 0 Å². The van der Waals surface area contributed by atoms with Gasteiger partial charge in [-0.1, -0.05) is 23.7 Å². The van der Waals surface area contributed by atoms with Gasteiger partial charge in [-0.25, -0.2) is 0 Å². The molecule has 28 heavy (non-hydrogen) atoms. The summed E-state index contributed by atoms with van der Waals surface area (Å²) in [7, 11) is 3.46. The molecule has 152 valence electrons. The minimum Gasteiger partial charge on any atom is -0.497 e. The Kier molecular flexibility index (Phi) is 7.25. The average molecular weight is 387 g/mol. The van der Waals surface area contributed by atoms with Crippen molar-refractivity contribution in [3.8, 4) is 5.75 Å². The van der Waals surface area contributed by atoms with Crippen molar-refractivity contribution in [1.82, 2.24) is 25.7 Å². The number of ether oxygens (including phenoxy) is 1. The first-order valence-electron chi connectivity index (χ1n) is 9.81. The van der Waals surface area contributed by atoms with E-state index in [-0.39, 0.29) is 6.04 Å². The number of nitrogens with one attached hydrogen (secondary N) is 2. The number of methoxy groups -OCH3 is 1. The van der Waals surface area contributed by atoms with Crippen LogP contribution in [0, 0.1) is 6.92 Å². The highest BCUT2D eigenvalue weighted by molar-refractivity contribution is 5.79. The van der Waals surface area contributed by atoms with Gasteiger partial charge in [0.15, 0.2) is 11.8 Å². The van der Waals surface area contributed by atoms with Gasteiger partial charge in [0.25, 0.3) is 0 Å². The Bertz CT molecular complexity index is 752. The largest absolute Gasteiger partial charge is 0.497 e. The van der Waals surface area contributed by atoms with Crippen molar-refractivity contribution in [3.05, 3.63) is 41.5 Å². The molecule has 1 aromatic carbocycles. The number of rotatable bonds is 7. The van der Waals surface area contributed by atoms with E-state index in [1.807, 2.05) is 12.1 Å². The van der Waals surface area contributed by atoms with E-state index in [0.29, 0.717) is 24.2 Å². The summed E-state index contributed by atoms with van der Waals surface area (Å²) in [4.78, 5) is 11.1. The van der Waals surface area contributed by atoms with E-state index < -0.39 is 0 Å². The van der Waals surface area contributed by atoms with Crippen molar-refractivity contribution in [1.29, 1.82) is 0 Å². The molecule has 8 heteroatoms. The molecule has 0 saturated carbocycles. The maximum absolute atomic E-state index is 5.31. The molecule has 1 saturated heterocycles. The van der Waals surface area contributed by atoms with Crippen molar-refractivity contribution in [2.75, 3.05) is 33.8 Å². The van der Waals surface area contributed by atoms with Gasteiger partial charge in [-0.15, -0.1) is 0 Å². The summed E-state index contributed by atoms with van der Waals surface area (Å²) >= 11 is 0. The molecule has 3 rings (SSSR count). The molecule has 2 heterocycles. The Morgan fingerprint density at radius 2 is 1.96 bits per heavy atom. The quantitative estimate of drug-likeness (QED) is 0.557. The van der Waals surface area contributed by atoms with Crippen molar-refractivity contribution in [2.24, 2.45) is 4.99 Å². The zero-order valence-corrected chi connectivity index (χ0v) is 16.9. The lowest BCUT2D eigenvalue weighted by Crippen LogP contribution is -2.44. The predicted octanol–water partition coefficient (Wildman–Crippen LogP) is 2.28. The van der Waals surface area contributed by atoms with Gasteiger partial charge in [0.2, 0.25) is 5.89 Å². The maximum Gasteiger partial charge on any atom is 0.246 e. The molecule has 0 amide bonds. The van der Waals surface area contributed by atoms with Gasteiger partial charge in [-0.3, -0.25) is 9.89 Å². The molecule has 1 aliphatic rings. The van der Waals surface area contributed by atoms with Crippen LogP contribution in [0.1, 0.15) is 42.6 Å². The van der Waals surface area contributed by atoms with Crippen LogP contribution in [0.15, 0.2) is 33.8 Å². The Hall–Kier alpha value is -2.61. The molecule has 0 spiro atoms. The molecule has 2 aromatic rings. The van der Waals surface area contributed by atoms with Gasteiger partial charge in [-0.05, 0) is 50.6 Å². The number of guanidine groups is 1. The van der Waals surface area contributed by atoms with Crippen LogP contribution in [0.4, 0.5) is 0 Å². The second-order valence-electron chi connectivity index (χ2n) is 6.93. The van der Waals surface area contributed by atoms with Crippen molar-refractivity contribution in [2.45, 2.75) is 38.8 Å². The summed E-state index contributed by atoms with van der Waals surface area (Å²) in [5, 5.41) is 10.5. The second kappa shape index (κ2) is 10.1. The smallest absolute Gasteiger partial charge is 0.246 e. The second-order valence-corrected chi connectivity index (χ2v) is 6.93. The maximum atomic E-state index is 5.31. The zero-order chi connectivity index (χ0) is 19.8. The van der Waals surface area contributed by atoms with Gasteiger partial charge >= 0.3 is 0 Å². The Morgan fingerprint density at radius 3 is 2.57 bits per heavy atom. The molecular formula is C20H30N6O2. The number of piperidine rings is 1. The highest BCUT2D eigenvalue weighted by atomic mass is 16.5. The normalized spacial score (nSPS) is 16.6. The molecule has 8 nitrogen and oxygen atoms in total. The minimum atomic E-state index is 0.274. The van der Waals surface area contributed by atoms with Crippen LogP contribution >= 0.6 is 0 Å². The van der Waals surface area contributed by atoms with E-state index in [9.17, 15) is 0 Å². The van der Waals surface area contributed by atoms with Crippen molar-refractivity contribution in [3.63, 3.8) is 0 Å². The molecule has 0 bridgehead atoms. The first-order chi connectivity index (χ1) is 13.7. The van der Waals surface area contributed by atoms with Gasteiger partial charge in [-0.2, -0.15) is 4.98 Å². The molecule has 1 aliphatic heterocycles. The van der Waals surface area contributed by atoms with Gasteiger partial charge < -0.3 is 19.9 Å². The van der Waals surface area contributed by atoms with E-state index in [2.05, 4.69) is 42.8 Å². The van der Waals surface area contributed by atoms with Crippen molar-refractivity contribution >= 4 is 5.96 Å². The SMILES string of the molecule is CN=C(NCc1nc(C)no1)NCC(c1ccc(OC)cc1)N1CCCCC1. The molecule has 1 atom stereocenters. The fraction of sp³-hybridized carbons (Fsp3) is 0.550. The molecule has 1 unspecified atom stereocenters. The monoisotopic (exact) mass is 386 g/mol. The highest BCUT2D eigenvalue weighted by Crippen LogP contribution is 2.25. The van der Waals surface area contributed by atoms with E-state index in [4.69, 9.17) is 9.26 Å². The number of hydrogen-bond donors (Lipinski definition) is 2. The van der Waals surface area contributed by atoms with Gasteiger partial charge in [0.1, 0.15) is 5.75 Å². The summed E-state index contributed by atoms with van der Waals surface area (Å²) in [6.45, 7) is 5.24. The van der Waals surface area contributed by atoms with Crippen LogP contribution in [-0.4, -0.2) is 54.8 Å². The molecule has 1 fully saturated rings. The Labute approximate surface area is 166 Å². The third-order valence-electron chi connectivity index (χ3n) is 5.00. The van der Waals surface area contributed by atoms with Crippen LogP contribution in [0.3, 0.4) is 0 Å². The van der Waals surface area contributed by atoms with E-state index in [0.717, 1.165) is 25.4 Å². The molecule has 1 aromatic heterocycles. The standard InChI is InChI=1S/C20H30N6O2/c1-15-24-19(28-25-15)14-23-20(21-2)22-13-18(26-11-5-4-6-12-26)16-7-9-17(27-3)10-8-16/h7-10,18H,4-6,11-14H2,1-3H3,(H2,21,22,23). The van der Waals surface area contributed by atoms with Crippen LogP contribution in [0.5, 0.6) is 5.75 Å². The first-order valence-corrected chi connectivity index (χ1v) is 9.81. The van der Waals surface area contributed by atoms with E-state index in [1.54, 1.807) is 21.1 Å². The molecule has 0 radical (unpaired) electrons. The molecular weight excluding hydrogens is 356 g/mol. The van der Waals surface area contributed by atoms with Gasteiger partial charge in [0, 0.05) is 13.6 Å². The Balaban J connectivity index is 1.63. The number of aliphatic imine (C=N–C) groups is 1. The first kappa shape index (κ1) is 20.1. The third kappa shape index (κ3) is 5.45. The number of nitrogens with zero attached hydrogens (tertiary/aromatic N) is 4. The summed E-state index contributed by atoms with van der Waals surface area (Å²) in [6.07, 6.45) is 3.80. The van der Waals surface area contributed by atoms with Gasteiger partial charge in [0.05, 0.1) is 19.7 Å².